The maximum absolute atomic E-state index is 10.3. The van der Waals surface area contributed by atoms with Crippen molar-refractivity contribution in [1.82, 2.24) is 4.90 Å². The fraction of sp³-hybridized carbons (Fsp3) is 0.364. The van der Waals surface area contributed by atoms with Gasteiger partial charge in [0.15, 0.2) is 0 Å². The number of rotatable bonds is 15. The van der Waals surface area contributed by atoms with Gasteiger partial charge in [0.2, 0.25) is 0 Å². The third-order valence-electron chi connectivity index (χ3n) is 6.92. The number of aromatic hydroxyl groups is 3. The molecular weight excluding hydrogens is 542 g/mol. The lowest BCUT2D eigenvalue weighted by molar-refractivity contribution is 0.298. The molecule has 0 saturated carbocycles. The van der Waals surface area contributed by atoms with Crippen LogP contribution in [-0.2, 0) is 0 Å². The van der Waals surface area contributed by atoms with Crippen molar-refractivity contribution < 1.29 is 15.3 Å². The molecule has 0 aliphatic heterocycles. The summed E-state index contributed by atoms with van der Waals surface area (Å²) in [7, 11) is 11.6. The van der Waals surface area contributed by atoms with Gasteiger partial charge < -0.3 is 30.0 Å². The zero-order valence-corrected chi connectivity index (χ0v) is 26.1. The van der Waals surface area contributed by atoms with Gasteiger partial charge in [0.1, 0.15) is 17.2 Å². The molecule has 0 amide bonds. The van der Waals surface area contributed by atoms with Crippen LogP contribution in [0, 0.1) is 0 Å². The van der Waals surface area contributed by atoms with Crippen LogP contribution in [-0.4, -0.2) is 120 Å². The van der Waals surface area contributed by atoms with Gasteiger partial charge in [-0.05, 0) is 36.4 Å². The number of hydrogen-bond donors (Lipinski definition) is 3. The van der Waals surface area contributed by atoms with Gasteiger partial charge in [-0.1, -0.05) is 0 Å². The molecule has 3 N–H and O–H groups in total. The second kappa shape index (κ2) is 16.2. The Morgan fingerprint density at radius 3 is 1.00 bits per heavy atom. The SMILES string of the molecule is CN(C)c1ccc(C=NCCN(CCN=Cc2ccc(N(C)C)cc2O)CCN=Cc2ccc(N(C)C)cc2O)c(O)c1. The van der Waals surface area contributed by atoms with E-state index in [1.807, 2.05) is 93.4 Å². The summed E-state index contributed by atoms with van der Waals surface area (Å²) in [5, 5.41) is 31.0. The Morgan fingerprint density at radius 2 is 0.767 bits per heavy atom. The van der Waals surface area contributed by atoms with Crippen LogP contribution < -0.4 is 14.7 Å². The molecule has 0 heterocycles. The first kappa shape index (κ1) is 32.9. The van der Waals surface area contributed by atoms with Crippen molar-refractivity contribution in [2.24, 2.45) is 15.0 Å². The predicted molar refractivity (Wildman–Crippen MR) is 181 cm³/mol. The van der Waals surface area contributed by atoms with Gasteiger partial charge >= 0.3 is 0 Å². The highest BCUT2D eigenvalue weighted by Gasteiger charge is 2.07. The van der Waals surface area contributed by atoms with E-state index in [1.165, 1.54) is 0 Å². The van der Waals surface area contributed by atoms with Crippen LogP contribution in [0.2, 0.25) is 0 Å². The van der Waals surface area contributed by atoms with Crippen LogP contribution in [0.1, 0.15) is 16.7 Å². The van der Waals surface area contributed by atoms with Gasteiger partial charge in [0.05, 0.1) is 19.6 Å². The molecule has 0 aliphatic carbocycles. The molecule has 10 heteroatoms. The number of nitrogens with zero attached hydrogens (tertiary/aromatic N) is 7. The van der Waals surface area contributed by atoms with E-state index in [9.17, 15) is 15.3 Å². The van der Waals surface area contributed by atoms with Crippen molar-refractivity contribution in [3.05, 3.63) is 71.3 Å². The molecule has 3 rings (SSSR count). The predicted octanol–water partition coefficient (Wildman–Crippen LogP) is 3.96. The molecule has 0 spiro atoms. The van der Waals surface area contributed by atoms with Gasteiger partial charge in [-0.3, -0.25) is 19.9 Å². The third kappa shape index (κ3) is 10.3. The number of anilines is 3. The molecule has 43 heavy (non-hydrogen) atoms. The number of hydrogen-bond acceptors (Lipinski definition) is 10. The first-order chi connectivity index (χ1) is 20.5. The van der Waals surface area contributed by atoms with Crippen LogP contribution in [0.4, 0.5) is 17.1 Å². The summed E-state index contributed by atoms with van der Waals surface area (Å²) in [4.78, 5) is 21.7. The first-order valence-corrected chi connectivity index (χ1v) is 14.3. The molecule has 0 aromatic heterocycles. The topological polar surface area (TPSA) is 111 Å². The van der Waals surface area contributed by atoms with E-state index in [0.717, 1.165) is 17.1 Å². The fourth-order valence-electron chi connectivity index (χ4n) is 4.18. The monoisotopic (exact) mass is 587 g/mol. The lowest BCUT2D eigenvalue weighted by Crippen LogP contribution is -2.31. The van der Waals surface area contributed by atoms with Crippen LogP contribution in [0.15, 0.2) is 69.6 Å². The summed E-state index contributed by atoms with van der Waals surface area (Å²) >= 11 is 0. The Morgan fingerprint density at radius 1 is 0.488 bits per heavy atom. The second-order valence-corrected chi connectivity index (χ2v) is 10.9. The summed E-state index contributed by atoms with van der Waals surface area (Å²) in [6.45, 7) is 3.68. The summed E-state index contributed by atoms with van der Waals surface area (Å²) in [5.74, 6) is 0.581. The quantitative estimate of drug-likeness (QED) is 0.231. The molecule has 0 bridgehead atoms. The number of phenols is 3. The molecule has 230 valence electrons. The van der Waals surface area contributed by atoms with Crippen molar-refractivity contribution in [1.29, 1.82) is 0 Å². The molecule has 0 aliphatic rings. The van der Waals surface area contributed by atoms with Crippen LogP contribution in [0.5, 0.6) is 17.2 Å². The minimum Gasteiger partial charge on any atom is -0.507 e. The van der Waals surface area contributed by atoms with E-state index in [0.29, 0.717) is 56.0 Å². The Labute approximate surface area is 255 Å². The summed E-state index contributed by atoms with van der Waals surface area (Å²) in [5.41, 5.74) is 4.78. The van der Waals surface area contributed by atoms with E-state index in [4.69, 9.17) is 0 Å². The van der Waals surface area contributed by atoms with Gasteiger partial charge in [0, 0.05) is 133 Å². The maximum atomic E-state index is 10.3. The van der Waals surface area contributed by atoms with Gasteiger partial charge in [-0.25, -0.2) is 0 Å². The summed E-state index contributed by atoms with van der Waals surface area (Å²) in [6, 6.07) is 16.6. The van der Waals surface area contributed by atoms with Gasteiger partial charge in [-0.15, -0.1) is 0 Å². The Hall–Kier alpha value is -4.57. The lowest BCUT2D eigenvalue weighted by Gasteiger charge is -2.19. The van der Waals surface area contributed by atoms with E-state index in [2.05, 4.69) is 19.9 Å². The highest BCUT2D eigenvalue weighted by molar-refractivity contribution is 5.85. The molecule has 0 atom stereocenters. The third-order valence-corrected chi connectivity index (χ3v) is 6.92. The molecule has 3 aromatic rings. The van der Waals surface area contributed by atoms with Gasteiger partial charge in [0.25, 0.3) is 0 Å². The first-order valence-electron chi connectivity index (χ1n) is 14.3. The van der Waals surface area contributed by atoms with Crippen molar-refractivity contribution in [3.8, 4) is 17.2 Å². The second-order valence-electron chi connectivity index (χ2n) is 10.9. The summed E-state index contributed by atoms with van der Waals surface area (Å²) in [6.07, 6.45) is 5.09. The molecule has 10 nitrogen and oxygen atoms in total. The van der Waals surface area contributed by atoms with Crippen LogP contribution in [0.3, 0.4) is 0 Å². The fourth-order valence-corrected chi connectivity index (χ4v) is 4.18. The van der Waals surface area contributed by atoms with Crippen LogP contribution >= 0.6 is 0 Å². The largest absolute Gasteiger partial charge is 0.507 e. The Bertz CT molecular complexity index is 1250. The van der Waals surface area contributed by atoms with Crippen LogP contribution in [0.25, 0.3) is 0 Å². The zero-order valence-electron chi connectivity index (χ0n) is 26.1. The number of benzene rings is 3. The minimum atomic E-state index is 0.194. The highest BCUT2D eigenvalue weighted by atomic mass is 16.3. The molecule has 0 saturated heterocycles. The van der Waals surface area contributed by atoms with E-state index in [1.54, 1.807) is 36.8 Å². The van der Waals surface area contributed by atoms with Crippen molar-refractivity contribution in [2.45, 2.75) is 0 Å². The van der Waals surface area contributed by atoms with E-state index >= 15 is 0 Å². The number of aliphatic imine (C=N–C) groups is 3. The standard InChI is InChI=1S/C33H45N7O3/c1-37(2)28-10-7-25(31(41)19-28)22-34-13-16-40(17-14-35-23-26-8-11-29(38(3)4)20-32(26)42)18-15-36-24-27-9-12-30(39(5)6)21-33(27)43/h7-12,19-24,41-43H,13-18H2,1-6H3. The van der Waals surface area contributed by atoms with Crippen molar-refractivity contribution in [3.63, 3.8) is 0 Å². The maximum Gasteiger partial charge on any atom is 0.126 e. The molecular formula is C33H45N7O3. The van der Waals surface area contributed by atoms with Crippen molar-refractivity contribution in [2.75, 3.05) is 96.3 Å². The number of phenolic OH excluding ortho intramolecular Hbond substituents is 3. The highest BCUT2D eigenvalue weighted by Crippen LogP contribution is 2.24. The van der Waals surface area contributed by atoms with E-state index < -0.39 is 0 Å². The molecule has 3 aromatic carbocycles. The summed E-state index contributed by atoms with van der Waals surface area (Å²) < 4.78 is 0. The van der Waals surface area contributed by atoms with Crippen molar-refractivity contribution >= 4 is 35.7 Å². The Kier molecular flexibility index (Phi) is 12.4. The molecule has 0 radical (unpaired) electrons. The smallest absolute Gasteiger partial charge is 0.126 e. The van der Waals surface area contributed by atoms with E-state index in [-0.39, 0.29) is 17.2 Å². The van der Waals surface area contributed by atoms with Gasteiger partial charge in [-0.2, -0.15) is 0 Å². The normalized spacial score (nSPS) is 11.8. The lowest BCUT2D eigenvalue weighted by atomic mass is 10.2. The molecule has 0 fully saturated rings. The minimum absolute atomic E-state index is 0.194. The average Bonchev–Trinajstić information content (AvgIpc) is 2.96. The zero-order chi connectivity index (χ0) is 31.4. The molecule has 0 unspecified atom stereocenters. The average molecular weight is 588 g/mol. The Balaban J connectivity index is 1.61.